The van der Waals surface area contributed by atoms with Crippen LogP contribution in [-0.4, -0.2) is 0 Å². The molecule has 0 aliphatic heterocycles. The summed E-state index contributed by atoms with van der Waals surface area (Å²) in [6.07, 6.45) is 0. The highest BCUT2D eigenvalue weighted by atomic mass is 127. The molecule has 2 N–H and O–H groups in total. The molecule has 0 saturated heterocycles. The van der Waals surface area contributed by atoms with E-state index in [1.807, 2.05) is 6.07 Å². The maximum absolute atomic E-state index is 5.79. The Labute approximate surface area is 96.2 Å². The summed E-state index contributed by atoms with van der Waals surface area (Å²) in [5, 5.41) is 2.09. The number of thiophene rings is 1. The van der Waals surface area contributed by atoms with Crippen LogP contribution in [0.3, 0.4) is 0 Å². The fourth-order valence-corrected chi connectivity index (χ4v) is 4.10. The monoisotopic (exact) mass is 353 g/mol. The number of nitrogen functional groups attached to an aromatic ring is 1. The topological polar surface area (TPSA) is 26.0 Å². The number of halogens is 2. The van der Waals surface area contributed by atoms with E-state index in [-0.39, 0.29) is 0 Å². The highest BCUT2D eigenvalue weighted by Gasteiger charge is 2.08. The Kier molecular flexibility index (Phi) is 2.31. The summed E-state index contributed by atoms with van der Waals surface area (Å²) in [4.78, 5) is 0. The standard InChI is InChI=1S/C8H5BrINS/c9-7-6-4(10)2-1-3-5(6)12-8(7)11/h1-3H,11H2. The van der Waals surface area contributed by atoms with Gasteiger partial charge in [0.25, 0.3) is 0 Å². The molecule has 0 radical (unpaired) electrons. The highest BCUT2D eigenvalue weighted by Crippen LogP contribution is 2.39. The van der Waals surface area contributed by atoms with E-state index in [0.29, 0.717) is 0 Å². The Bertz CT molecular complexity index is 438. The van der Waals surface area contributed by atoms with Gasteiger partial charge in [-0.1, -0.05) is 6.07 Å². The largest absolute Gasteiger partial charge is 0.390 e. The minimum atomic E-state index is 0.856. The average Bonchev–Trinajstić information content (AvgIpc) is 2.29. The summed E-state index contributed by atoms with van der Waals surface area (Å²) >= 11 is 7.42. The number of fused-ring (bicyclic) bond motifs is 1. The summed E-state index contributed by atoms with van der Waals surface area (Å²) in [7, 11) is 0. The summed E-state index contributed by atoms with van der Waals surface area (Å²) in [5.41, 5.74) is 5.79. The molecule has 0 aliphatic carbocycles. The highest BCUT2D eigenvalue weighted by molar-refractivity contribution is 14.1. The van der Waals surface area contributed by atoms with Gasteiger partial charge in [0, 0.05) is 13.7 Å². The Hall–Kier alpha value is 0.190. The van der Waals surface area contributed by atoms with Crippen LogP contribution in [0.5, 0.6) is 0 Å². The predicted octanol–water partition coefficient (Wildman–Crippen LogP) is 3.85. The Morgan fingerprint density at radius 3 is 2.83 bits per heavy atom. The molecule has 2 rings (SSSR count). The van der Waals surface area contributed by atoms with E-state index < -0.39 is 0 Å². The molecule has 4 heteroatoms. The molecule has 0 aliphatic rings. The number of rotatable bonds is 0. The van der Waals surface area contributed by atoms with Gasteiger partial charge in [-0.05, 0) is 50.7 Å². The van der Waals surface area contributed by atoms with Crippen molar-refractivity contribution >= 4 is 64.9 Å². The zero-order valence-corrected chi connectivity index (χ0v) is 10.5. The normalized spacial score (nSPS) is 10.8. The molecule has 1 aromatic heterocycles. The van der Waals surface area contributed by atoms with Gasteiger partial charge in [-0.25, -0.2) is 0 Å². The number of hydrogen-bond acceptors (Lipinski definition) is 2. The zero-order valence-electron chi connectivity index (χ0n) is 5.97. The SMILES string of the molecule is Nc1sc2cccc(I)c2c1Br. The van der Waals surface area contributed by atoms with Crippen LogP contribution in [0.15, 0.2) is 22.7 Å². The second kappa shape index (κ2) is 3.16. The number of hydrogen-bond donors (Lipinski definition) is 1. The van der Waals surface area contributed by atoms with Crippen LogP contribution >= 0.6 is 49.9 Å². The lowest BCUT2D eigenvalue weighted by atomic mass is 10.3. The van der Waals surface area contributed by atoms with E-state index in [1.165, 1.54) is 13.7 Å². The van der Waals surface area contributed by atoms with E-state index in [1.54, 1.807) is 11.3 Å². The summed E-state index contributed by atoms with van der Waals surface area (Å²) in [5.74, 6) is 0. The van der Waals surface area contributed by atoms with Crippen molar-refractivity contribution in [1.82, 2.24) is 0 Å². The van der Waals surface area contributed by atoms with Crippen LogP contribution in [-0.2, 0) is 0 Å². The van der Waals surface area contributed by atoms with Gasteiger partial charge < -0.3 is 5.73 Å². The molecular weight excluding hydrogens is 349 g/mol. The van der Waals surface area contributed by atoms with E-state index in [4.69, 9.17) is 5.73 Å². The van der Waals surface area contributed by atoms with Crippen molar-refractivity contribution in [1.29, 1.82) is 0 Å². The van der Waals surface area contributed by atoms with E-state index in [9.17, 15) is 0 Å². The van der Waals surface area contributed by atoms with Crippen LogP contribution in [0.4, 0.5) is 5.00 Å². The Balaban J connectivity index is 2.97. The van der Waals surface area contributed by atoms with Crippen LogP contribution in [0.2, 0.25) is 0 Å². The van der Waals surface area contributed by atoms with Crippen LogP contribution < -0.4 is 5.73 Å². The van der Waals surface area contributed by atoms with Crippen molar-refractivity contribution in [3.63, 3.8) is 0 Å². The first-order chi connectivity index (χ1) is 5.70. The molecule has 0 spiro atoms. The number of benzene rings is 1. The fourth-order valence-electron chi connectivity index (χ4n) is 1.09. The third-order valence-electron chi connectivity index (χ3n) is 1.63. The van der Waals surface area contributed by atoms with Crippen molar-refractivity contribution in [3.05, 3.63) is 26.2 Å². The second-order valence-corrected chi connectivity index (χ2v) is 5.43. The predicted molar refractivity (Wildman–Crippen MR) is 66.7 cm³/mol. The van der Waals surface area contributed by atoms with E-state index >= 15 is 0 Å². The molecule has 0 unspecified atom stereocenters. The first-order valence-electron chi connectivity index (χ1n) is 3.32. The molecule has 0 saturated carbocycles. The first-order valence-corrected chi connectivity index (χ1v) is 6.01. The molecule has 1 heterocycles. The third kappa shape index (κ3) is 1.25. The lowest BCUT2D eigenvalue weighted by Crippen LogP contribution is -1.78. The summed E-state index contributed by atoms with van der Waals surface area (Å²) in [6.45, 7) is 0. The molecule has 0 atom stereocenters. The maximum Gasteiger partial charge on any atom is 0.101 e. The fraction of sp³-hybridized carbons (Fsp3) is 0. The van der Waals surface area contributed by atoms with Gasteiger partial charge in [0.05, 0.1) is 4.47 Å². The number of nitrogens with two attached hydrogens (primary N) is 1. The minimum absolute atomic E-state index is 0.856. The van der Waals surface area contributed by atoms with E-state index in [2.05, 4.69) is 50.7 Å². The molecule has 62 valence electrons. The quantitative estimate of drug-likeness (QED) is 0.715. The molecule has 12 heavy (non-hydrogen) atoms. The van der Waals surface area contributed by atoms with Crippen molar-refractivity contribution in [2.45, 2.75) is 0 Å². The van der Waals surface area contributed by atoms with Gasteiger partial charge in [-0.15, -0.1) is 11.3 Å². The molecule has 1 nitrogen and oxygen atoms in total. The Morgan fingerprint density at radius 2 is 2.17 bits per heavy atom. The van der Waals surface area contributed by atoms with Crippen LogP contribution in [0, 0.1) is 3.57 Å². The maximum atomic E-state index is 5.79. The molecule has 0 fully saturated rings. The summed E-state index contributed by atoms with van der Waals surface area (Å²) in [6, 6.07) is 6.22. The summed E-state index contributed by atoms with van der Waals surface area (Å²) < 4.78 is 3.52. The number of anilines is 1. The van der Waals surface area contributed by atoms with Gasteiger partial charge in [-0.3, -0.25) is 0 Å². The minimum Gasteiger partial charge on any atom is -0.390 e. The average molecular weight is 354 g/mol. The van der Waals surface area contributed by atoms with Gasteiger partial charge in [0.2, 0.25) is 0 Å². The van der Waals surface area contributed by atoms with Gasteiger partial charge >= 0.3 is 0 Å². The lowest BCUT2D eigenvalue weighted by molar-refractivity contribution is 1.76. The molecule has 2 aromatic rings. The molecule has 0 amide bonds. The van der Waals surface area contributed by atoms with Gasteiger partial charge in [-0.2, -0.15) is 0 Å². The van der Waals surface area contributed by atoms with Crippen molar-refractivity contribution in [2.75, 3.05) is 5.73 Å². The van der Waals surface area contributed by atoms with Crippen molar-refractivity contribution in [2.24, 2.45) is 0 Å². The van der Waals surface area contributed by atoms with Crippen LogP contribution in [0.1, 0.15) is 0 Å². The van der Waals surface area contributed by atoms with Crippen LogP contribution in [0.25, 0.3) is 10.1 Å². The van der Waals surface area contributed by atoms with Gasteiger partial charge in [0.1, 0.15) is 5.00 Å². The molecule has 0 bridgehead atoms. The first kappa shape index (κ1) is 8.77. The lowest BCUT2D eigenvalue weighted by Gasteiger charge is -1.93. The zero-order chi connectivity index (χ0) is 8.72. The van der Waals surface area contributed by atoms with E-state index in [0.717, 1.165) is 9.47 Å². The molecule has 1 aromatic carbocycles. The second-order valence-electron chi connectivity index (χ2n) is 2.39. The van der Waals surface area contributed by atoms with Crippen molar-refractivity contribution < 1.29 is 0 Å². The smallest absolute Gasteiger partial charge is 0.101 e. The molecular formula is C8H5BrINS. The van der Waals surface area contributed by atoms with Gasteiger partial charge in [0.15, 0.2) is 0 Å². The third-order valence-corrected chi connectivity index (χ3v) is 4.60. The van der Waals surface area contributed by atoms with Crippen molar-refractivity contribution in [3.8, 4) is 0 Å². The Morgan fingerprint density at radius 1 is 1.42 bits per heavy atom.